The summed E-state index contributed by atoms with van der Waals surface area (Å²) in [6, 6.07) is -1.43. The van der Waals surface area contributed by atoms with Crippen molar-refractivity contribution in [1.29, 1.82) is 0 Å². The lowest BCUT2D eigenvalue weighted by molar-refractivity contribution is -0.139. The summed E-state index contributed by atoms with van der Waals surface area (Å²) in [7, 11) is 0. The number of hydrogen-bond donors (Lipinski definition) is 7. The summed E-state index contributed by atoms with van der Waals surface area (Å²) in [6.45, 7) is 2.29. The Hall–Kier alpha value is -1.75. The lowest BCUT2D eigenvalue weighted by atomic mass is 10.1. The normalized spacial score (nSPS) is 11.9. The smallest absolute Gasteiger partial charge is 0.320 e. The average Bonchev–Trinajstić information content (AvgIpc) is 2.47. The van der Waals surface area contributed by atoms with Crippen molar-refractivity contribution in [3.63, 3.8) is 0 Å². The first kappa shape index (κ1) is 27.1. The highest BCUT2D eigenvalue weighted by Gasteiger charge is 2.09. The molecule has 2 atom stereocenters. The van der Waals surface area contributed by atoms with Crippen LogP contribution in [0.5, 0.6) is 0 Å². The second kappa shape index (κ2) is 19.3. The maximum absolute atomic E-state index is 10.1. The minimum atomic E-state index is -0.933. The van der Waals surface area contributed by atoms with Crippen molar-refractivity contribution < 1.29 is 29.7 Å². The van der Waals surface area contributed by atoms with E-state index in [1.807, 2.05) is 0 Å². The number of carbonyl (C=O) groups is 3. The molecule has 0 bridgehead atoms. The number of hydrogen-bond acceptors (Lipinski definition) is 7. The van der Waals surface area contributed by atoms with Crippen LogP contribution in [0.4, 0.5) is 0 Å². The first-order valence-electron chi connectivity index (χ1n) is 7.66. The van der Waals surface area contributed by atoms with Gasteiger partial charge >= 0.3 is 11.9 Å². The zero-order valence-electron chi connectivity index (χ0n) is 14.2. The van der Waals surface area contributed by atoms with Gasteiger partial charge in [-0.1, -0.05) is 12.8 Å². The molecule has 2 unspecified atom stereocenters. The van der Waals surface area contributed by atoms with E-state index in [-0.39, 0.29) is 0 Å². The van der Waals surface area contributed by atoms with Crippen LogP contribution in [0.1, 0.15) is 45.4 Å². The maximum Gasteiger partial charge on any atom is 0.320 e. The fourth-order valence-corrected chi connectivity index (χ4v) is 1.26. The molecule has 0 radical (unpaired) electrons. The molecule has 10 heteroatoms. The lowest BCUT2D eigenvalue weighted by Crippen LogP contribution is -2.29. The molecule has 0 saturated heterocycles. The van der Waals surface area contributed by atoms with Gasteiger partial charge in [-0.15, -0.1) is 0 Å². The van der Waals surface area contributed by atoms with Gasteiger partial charge in [0, 0.05) is 6.92 Å². The van der Waals surface area contributed by atoms with E-state index in [0.29, 0.717) is 25.9 Å². The predicted molar refractivity (Wildman–Crippen MR) is 90.3 cm³/mol. The molecular formula is C14H32N4O6. The summed E-state index contributed by atoms with van der Waals surface area (Å²) in [4.78, 5) is 29.3. The summed E-state index contributed by atoms with van der Waals surface area (Å²) in [5.41, 5.74) is 20.8. The predicted octanol–water partition coefficient (Wildman–Crippen LogP) is -0.854. The Morgan fingerprint density at radius 3 is 1.17 bits per heavy atom. The summed E-state index contributed by atoms with van der Waals surface area (Å²) in [5, 5.41) is 24.1. The molecule has 0 aromatic heterocycles. The third kappa shape index (κ3) is 28.4. The number of unbranched alkanes of at least 4 members (excludes halogenated alkanes) is 2. The Labute approximate surface area is 142 Å². The van der Waals surface area contributed by atoms with Gasteiger partial charge in [0.15, 0.2) is 0 Å². The molecule has 0 amide bonds. The highest BCUT2D eigenvalue weighted by molar-refractivity contribution is 5.73. The number of carboxylic acid groups (broad SMARTS) is 3. The minimum Gasteiger partial charge on any atom is -0.481 e. The van der Waals surface area contributed by atoms with Crippen molar-refractivity contribution in [2.75, 3.05) is 13.1 Å². The Morgan fingerprint density at radius 2 is 1.00 bits per heavy atom. The number of rotatable bonds is 10. The summed E-state index contributed by atoms with van der Waals surface area (Å²) in [6.07, 6.45) is 4.33. The standard InChI is InChI=1S/2C6H14N2O2.C2H4O2/c2*7-4-2-1-3-5(8)6(9)10;1-2(3)4/h2*5H,1-4,7-8H2,(H,9,10);1H3,(H,3,4). The zero-order chi connectivity index (χ0) is 19.5. The van der Waals surface area contributed by atoms with E-state index < -0.39 is 30.0 Å². The molecule has 11 N–H and O–H groups in total. The van der Waals surface area contributed by atoms with Crippen LogP contribution in [0.25, 0.3) is 0 Å². The van der Waals surface area contributed by atoms with Gasteiger partial charge in [0.2, 0.25) is 0 Å². The molecule has 0 aromatic carbocycles. The van der Waals surface area contributed by atoms with Crippen LogP contribution in [-0.4, -0.2) is 58.4 Å². The molecule has 10 nitrogen and oxygen atoms in total. The van der Waals surface area contributed by atoms with Crippen LogP contribution in [0.15, 0.2) is 0 Å². The van der Waals surface area contributed by atoms with Crippen molar-refractivity contribution >= 4 is 17.9 Å². The van der Waals surface area contributed by atoms with Crippen LogP contribution >= 0.6 is 0 Å². The average molecular weight is 352 g/mol. The van der Waals surface area contributed by atoms with Gasteiger partial charge in [-0.2, -0.15) is 0 Å². The van der Waals surface area contributed by atoms with Crippen molar-refractivity contribution in [3.8, 4) is 0 Å². The highest BCUT2D eigenvalue weighted by atomic mass is 16.4. The molecule has 0 saturated carbocycles. The summed E-state index contributed by atoms with van der Waals surface area (Å²) < 4.78 is 0. The lowest BCUT2D eigenvalue weighted by Gasteiger charge is -2.03. The molecule has 0 spiro atoms. The van der Waals surface area contributed by atoms with Gasteiger partial charge in [-0.05, 0) is 38.8 Å². The van der Waals surface area contributed by atoms with Crippen molar-refractivity contribution in [3.05, 3.63) is 0 Å². The molecule has 144 valence electrons. The summed E-state index contributed by atoms with van der Waals surface area (Å²) >= 11 is 0. The molecule has 0 aliphatic heterocycles. The van der Waals surface area contributed by atoms with Gasteiger partial charge in [-0.25, -0.2) is 0 Å². The van der Waals surface area contributed by atoms with Crippen LogP contribution in [0, 0.1) is 0 Å². The van der Waals surface area contributed by atoms with Crippen LogP contribution in [0.2, 0.25) is 0 Å². The second-order valence-electron chi connectivity index (χ2n) is 4.98. The van der Waals surface area contributed by atoms with Gasteiger partial charge in [0.1, 0.15) is 12.1 Å². The van der Waals surface area contributed by atoms with E-state index >= 15 is 0 Å². The van der Waals surface area contributed by atoms with Crippen LogP contribution in [0.3, 0.4) is 0 Å². The van der Waals surface area contributed by atoms with Crippen LogP contribution in [-0.2, 0) is 14.4 Å². The van der Waals surface area contributed by atoms with E-state index in [4.69, 9.17) is 43.0 Å². The van der Waals surface area contributed by atoms with E-state index in [1.54, 1.807) is 0 Å². The molecule has 0 rings (SSSR count). The van der Waals surface area contributed by atoms with Crippen LogP contribution < -0.4 is 22.9 Å². The van der Waals surface area contributed by atoms with E-state index in [1.165, 1.54) is 0 Å². The van der Waals surface area contributed by atoms with Crippen molar-refractivity contribution in [2.45, 2.75) is 57.5 Å². The number of aliphatic carboxylic acids is 3. The van der Waals surface area contributed by atoms with E-state index in [2.05, 4.69) is 0 Å². The molecular weight excluding hydrogens is 320 g/mol. The van der Waals surface area contributed by atoms with Gasteiger partial charge in [0.05, 0.1) is 0 Å². The third-order valence-corrected chi connectivity index (χ3v) is 2.57. The van der Waals surface area contributed by atoms with Gasteiger partial charge in [-0.3, -0.25) is 14.4 Å². The topological polar surface area (TPSA) is 216 Å². The van der Waals surface area contributed by atoms with E-state index in [0.717, 1.165) is 32.6 Å². The Bertz CT molecular complexity index is 311. The molecule has 0 aromatic rings. The second-order valence-corrected chi connectivity index (χ2v) is 4.98. The fourth-order valence-electron chi connectivity index (χ4n) is 1.26. The zero-order valence-corrected chi connectivity index (χ0v) is 14.2. The highest BCUT2D eigenvalue weighted by Crippen LogP contribution is 1.97. The molecule has 0 aliphatic carbocycles. The van der Waals surface area contributed by atoms with Crippen molar-refractivity contribution in [2.24, 2.45) is 22.9 Å². The van der Waals surface area contributed by atoms with Gasteiger partial charge < -0.3 is 38.3 Å². The Balaban J connectivity index is -0.000000301. The SMILES string of the molecule is CC(=O)O.NCCCCC(N)C(=O)O.NCCCCC(N)C(=O)O. The monoisotopic (exact) mass is 352 g/mol. The Morgan fingerprint density at radius 1 is 0.750 bits per heavy atom. The molecule has 0 heterocycles. The first-order chi connectivity index (χ1) is 11.1. The number of nitrogens with two attached hydrogens (primary N) is 4. The fraction of sp³-hybridized carbons (Fsp3) is 0.786. The molecule has 24 heavy (non-hydrogen) atoms. The quantitative estimate of drug-likeness (QED) is 0.241. The van der Waals surface area contributed by atoms with E-state index in [9.17, 15) is 9.59 Å². The first-order valence-corrected chi connectivity index (χ1v) is 7.66. The summed E-state index contributed by atoms with van der Waals surface area (Å²) in [5.74, 6) is -2.70. The van der Waals surface area contributed by atoms with Crippen molar-refractivity contribution in [1.82, 2.24) is 0 Å². The maximum atomic E-state index is 10.1. The number of carboxylic acids is 3. The molecule has 0 aliphatic rings. The third-order valence-electron chi connectivity index (χ3n) is 2.57. The largest absolute Gasteiger partial charge is 0.481 e. The Kier molecular flexibility index (Phi) is 21.8. The minimum absolute atomic E-state index is 0.520. The molecule has 0 fully saturated rings. The van der Waals surface area contributed by atoms with Gasteiger partial charge in [0.25, 0.3) is 5.97 Å².